The van der Waals surface area contributed by atoms with Crippen LogP contribution in [-0.2, 0) is 38.4 Å². The van der Waals surface area contributed by atoms with Crippen molar-refractivity contribution in [3.63, 3.8) is 0 Å². The van der Waals surface area contributed by atoms with Crippen LogP contribution in [0.25, 0.3) is 0 Å². The van der Waals surface area contributed by atoms with E-state index in [4.69, 9.17) is 17.2 Å². The molecule has 0 radical (unpaired) electrons. The van der Waals surface area contributed by atoms with Crippen LogP contribution in [0.5, 0.6) is 0 Å². The van der Waals surface area contributed by atoms with Crippen LogP contribution in [0.2, 0.25) is 0 Å². The Labute approximate surface area is 305 Å². The summed E-state index contributed by atoms with van der Waals surface area (Å²) < 4.78 is 0. The largest absolute Gasteiger partial charge is 0.481 e. The van der Waals surface area contributed by atoms with E-state index in [-0.39, 0.29) is 37.7 Å². The summed E-state index contributed by atoms with van der Waals surface area (Å²) in [5.41, 5.74) is 16.0. The van der Waals surface area contributed by atoms with Gasteiger partial charge in [0.25, 0.3) is 0 Å². The molecule has 0 fully saturated rings. The van der Waals surface area contributed by atoms with Crippen molar-refractivity contribution in [1.82, 2.24) is 31.9 Å². The second kappa shape index (κ2) is 24.2. The van der Waals surface area contributed by atoms with Crippen molar-refractivity contribution in [2.45, 2.75) is 108 Å². The van der Waals surface area contributed by atoms with Gasteiger partial charge in [-0.3, -0.25) is 38.6 Å². The summed E-state index contributed by atoms with van der Waals surface area (Å²) in [5.74, 6) is -9.28. The minimum Gasteiger partial charge on any atom is -0.481 e. The van der Waals surface area contributed by atoms with Gasteiger partial charge in [0.1, 0.15) is 36.3 Å². The Kier molecular flexibility index (Phi) is 21.8. The van der Waals surface area contributed by atoms with Crippen LogP contribution < -0.4 is 49.1 Å². The lowest BCUT2D eigenvalue weighted by Gasteiger charge is -2.28. The van der Waals surface area contributed by atoms with Crippen molar-refractivity contribution in [1.29, 1.82) is 0 Å². The fraction of sp³-hybridized carbons (Fsp3) is 0.700. The molecule has 0 rings (SSSR count). The van der Waals surface area contributed by atoms with Crippen molar-refractivity contribution in [3.8, 4) is 0 Å². The first-order valence-electron chi connectivity index (χ1n) is 16.6. The normalized spacial score (nSPS) is 15.5. The van der Waals surface area contributed by atoms with E-state index >= 15 is 0 Å². The highest BCUT2D eigenvalue weighted by Gasteiger charge is 2.34. The molecule has 0 heterocycles. The van der Waals surface area contributed by atoms with Gasteiger partial charge in [-0.1, -0.05) is 13.8 Å². The van der Waals surface area contributed by atoms with E-state index in [0.29, 0.717) is 0 Å². The summed E-state index contributed by atoms with van der Waals surface area (Å²) in [6.45, 7) is 4.12. The number of nitrogens with two attached hydrogens (primary N) is 3. The molecule has 0 aliphatic heterocycles. The quantitative estimate of drug-likeness (QED) is 0.0234. The first kappa shape index (κ1) is 47.9. The third-order valence-electron chi connectivity index (χ3n) is 7.32. The fourth-order valence-electron chi connectivity index (χ4n) is 4.41. The van der Waals surface area contributed by atoms with Crippen LogP contribution in [0, 0.1) is 5.92 Å². The van der Waals surface area contributed by atoms with Gasteiger partial charge in [-0.25, -0.2) is 4.79 Å². The monoisotopic (exact) mass is 762 g/mol. The first-order valence-corrected chi connectivity index (χ1v) is 16.6. The smallest absolute Gasteiger partial charge is 0.326 e. The lowest BCUT2D eigenvalue weighted by atomic mass is 10.0. The maximum absolute atomic E-state index is 13.4. The molecule has 8 atom stereocenters. The molecular weight excluding hydrogens is 708 g/mol. The number of guanidine groups is 1. The van der Waals surface area contributed by atoms with E-state index < -0.39 is 122 Å². The van der Waals surface area contributed by atoms with Crippen molar-refractivity contribution >= 4 is 53.3 Å². The number of aliphatic carboxylic acids is 2. The maximum Gasteiger partial charge on any atom is 0.326 e. The van der Waals surface area contributed by atoms with Crippen LogP contribution in [0.4, 0.5) is 0 Å². The summed E-state index contributed by atoms with van der Waals surface area (Å²) in [7, 11) is 0. The number of rotatable bonds is 25. The fourth-order valence-corrected chi connectivity index (χ4v) is 4.41. The molecule has 0 aromatic rings. The minimum absolute atomic E-state index is 0.0447. The van der Waals surface area contributed by atoms with Gasteiger partial charge in [-0.15, -0.1) is 0 Å². The summed E-state index contributed by atoms with van der Waals surface area (Å²) >= 11 is 0. The van der Waals surface area contributed by atoms with Gasteiger partial charge in [0, 0.05) is 13.0 Å². The number of hydrogen-bond donors (Lipinski definition) is 14. The summed E-state index contributed by atoms with van der Waals surface area (Å²) in [5, 5.41) is 61.4. The van der Waals surface area contributed by atoms with Gasteiger partial charge in [-0.05, 0) is 45.4 Å². The molecule has 0 aliphatic carbocycles. The number of nitrogens with one attached hydrogen (secondary N) is 6. The predicted octanol–water partition coefficient (Wildman–Crippen LogP) is -6.34. The Bertz CT molecular complexity index is 1310. The molecule has 0 saturated carbocycles. The number of amides is 6. The van der Waals surface area contributed by atoms with Crippen molar-refractivity contribution in [2.24, 2.45) is 28.1 Å². The number of aliphatic hydroxyl groups excluding tert-OH is 3. The van der Waals surface area contributed by atoms with Gasteiger partial charge in [0.2, 0.25) is 35.4 Å². The summed E-state index contributed by atoms with van der Waals surface area (Å²) in [6.07, 6.45) is -3.89. The lowest BCUT2D eigenvalue weighted by molar-refractivity contribution is -0.143. The number of carbonyl (C=O) groups excluding carboxylic acids is 6. The van der Waals surface area contributed by atoms with E-state index in [2.05, 4.69) is 36.9 Å². The predicted molar refractivity (Wildman–Crippen MR) is 185 cm³/mol. The average molecular weight is 763 g/mol. The molecule has 0 aromatic carbocycles. The molecule has 0 unspecified atom stereocenters. The highest BCUT2D eigenvalue weighted by atomic mass is 16.4. The third kappa shape index (κ3) is 19.3. The zero-order chi connectivity index (χ0) is 41.0. The Morgan fingerprint density at radius 2 is 1.25 bits per heavy atom. The molecule has 0 bridgehead atoms. The topological polar surface area (TPSA) is 400 Å². The number of carboxylic acids is 2. The average Bonchev–Trinajstić information content (AvgIpc) is 3.06. The number of carbonyl (C=O) groups is 8. The molecule has 53 heavy (non-hydrogen) atoms. The molecule has 6 amide bonds. The standard InChI is InChI=1S/C30H54N10O13/c1-13(2)10-18(26(49)40-23(15(4)43)28(51)37-17(29(52)53)6-5-9-34-30(32)33)38-25(48)16(7-8-21(45)46)36-20(44)11-35-24(47)19(12-41)39-27(50)22(31)14(3)42/h13-19,22-23,41-43H,5-12,31H2,1-4H3,(H,35,47)(H,36,44)(H,37,51)(H,38,48)(H,39,50)(H,40,49)(H,45,46)(H,52,53)(H4,32,33,34)/t14-,15-,16+,17+,18+,19+,22+,23+/m1/s1. The van der Waals surface area contributed by atoms with Crippen LogP contribution >= 0.6 is 0 Å². The number of aliphatic imine (C=N–C) groups is 1. The van der Waals surface area contributed by atoms with Crippen LogP contribution in [0.15, 0.2) is 4.99 Å². The third-order valence-corrected chi connectivity index (χ3v) is 7.32. The molecule has 302 valence electrons. The molecule has 23 nitrogen and oxygen atoms in total. The van der Waals surface area contributed by atoms with Crippen LogP contribution in [-0.4, -0.2) is 147 Å². The lowest BCUT2D eigenvalue weighted by Crippen LogP contribution is -2.60. The highest BCUT2D eigenvalue weighted by Crippen LogP contribution is 2.09. The number of nitrogens with zero attached hydrogens (tertiary/aromatic N) is 1. The van der Waals surface area contributed by atoms with Crippen LogP contribution in [0.1, 0.15) is 59.8 Å². The SMILES string of the molecule is CC(C)C[C@H](NC(=O)[C@H](CCC(=O)O)NC(=O)CNC(=O)[C@H](CO)NC(=O)[C@@H](N)[C@@H](C)O)C(=O)N[C@H](C(=O)N[C@@H](CCCN=C(N)N)C(=O)O)[C@@H](C)O. The van der Waals surface area contributed by atoms with Gasteiger partial charge in [0.05, 0.1) is 25.4 Å². The van der Waals surface area contributed by atoms with Gasteiger partial charge < -0.3 is 74.6 Å². The molecule has 23 heteroatoms. The Morgan fingerprint density at radius 3 is 1.74 bits per heavy atom. The zero-order valence-corrected chi connectivity index (χ0v) is 30.0. The second-order valence-corrected chi connectivity index (χ2v) is 12.5. The molecule has 0 spiro atoms. The molecule has 17 N–H and O–H groups in total. The van der Waals surface area contributed by atoms with Gasteiger partial charge in [0.15, 0.2) is 5.96 Å². The Hall–Kier alpha value is -5.13. The summed E-state index contributed by atoms with van der Waals surface area (Å²) in [6, 6.07) is -9.09. The zero-order valence-electron chi connectivity index (χ0n) is 30.0. The summed E-state index contributed by atoms with van der Waals surface area (Å²) in [4.78, 5) is 104. The number of hydrogen-bond acceptors (Lipinski definition) is 13. The van der Waals surface area contributed by atoms with Crippen molar-refractivity contribution in [3.05, 3.63) is 0 Å². The Morgan fingerprint density at radius 1 is 0.679 bits per heavy atom. The Balaban J connectivity index is 5.82. The molecular formula is C30H54N10O13. The number of aliphatic hydroxyl groups is 3. The van der Waals surface area contributed by atoms with E-state index in [1.165, 1.54) is 6.92 Å². The van der Waals surface area contributed by atoms with Crippen molar-refractivity contribution < 1.29 is 63.9 Å². The van der Waals surface area contributed by atoms with Gasteiger partial charge >= 0.3 is 11.9 Å². The maximum atomic E-state index is 13.4. The minimum atomic E-state index is -1.69. The van der Waals surface area contributed by atoms with E-state index in [1.807, 2.05) is 0 Å². The van der Waals surface area contributed by atoms with E-state index in [9.17, 15) is 63.9 Å². The molecule has 0 saturated heterocycles. The van der Waals surface area contributed by atoms with Crippen molar-refractivity contribution in [2.75, 3.05) is 19.7 Å². The van der Waals surface area contributed by atoms with E-state index in [1.54, 1.807) is 13.8 Å². The van der Waals surface area contributed by atoms with Gasteiger partial charge in [-0.2, -0.15) is 0 Å². The number of carboxylic acid groups (broad SMARTS) is 2. The highest BCUT2D eigenvalue weighted by molar-refractivity contribution is 5.96. The molecule has 0 aliphatic rings. The van der Waals surface area contributed by atoms with Crippen LogP contribution in [0.3, 0.4) is 0 Å². The second-order valence-electron chi connectivity index (χ2n) is 12.5. The molecule has 0 aromatic heterocycles. The first-order chi connectivity index (χ1) is 24.6. The van der Waals surface area contributed by atoms with E-state index in [0.717, 1.165) is 6.92 Å².